The van der Waals surface area contributed by atoms with Gasteiger partial charge < -0.3 is 60.3 Å². The van der Waals surface area contributed by atoms with Gasteiger partial charge in [-0.1, -0.05) is 6.07 Å². The lowest BCUT2D eigenvalue weighted by Crippen LogP contribution is -2.67. The molecule has 8 N–H and O–H groups in total. The smallest absolute Gasteiger partial charge is 0.247 e. The van der Waals surface area contributed by atoms with Crippen LogP contribution in [-0.2, 0) is 19.0 Å². The van der Waals surface area contributed by atoms with Gasteiger partial charge in [-0.05, 0) is 61.4 Å². The number of halogens is 2. The fourth-order valence-corrected chi connectivity index (χ4v) is 5.50. The normalized spacial score (nSPS) is 33.1. The van der Waals surface area contributed by atoms with E-state index in [1.54, 1.807) is 19.1 Å². The Kier molecular flexibility index (Phi) is 10.2. The highest BCUT2D eigenvalue weighted by Gasteiger charge is 2.53. The molecule has 13 nitrogen and oxygen atoms in total. The summed E-state index contributed by atoms with van der Waals surface area (Å²) < 4.78 is 53.9. The van der Waals surface area contributed by atoms with E-state index in [1.807, 2.05) is 0 Å². The van der Waals surface area contributed by atoms with Crippen molar-refractivity contribution < 1.29 is 62.8 Å². The first kappa shape index (κ1) is 33.7. The maximum Gasteiger partial charge on any atom is 0.247 e. The standard InChI is InChI=1S/C31H36F2N2O11/c1-13(7-8-42-16-4-5-17(32)18(33)11-16)27-25(39)26(40)31(46-27)45-20-6-3-15(10-19(20)34)9-14(2)30(41)35-21-22(36)24(38)29-28(23(21)37)43-12-44-29/h3-7,9-11,21-29,31,36-40H,8,12,34H2,1-2H3,(H,35,41)/b13-7-,14-9+/t21-,22+,23-,24-,25+,26+,27-,28+,29-,31-/m1/s1. The van der Waals surface area contributed by atoms with Crippen molar-refractivity contribution >= 4 is 17.7 Å². The number of anilines is 1. The molecule has 0 aromatic heterocycles. The molecule has 3 fully saturated rings. The third-order valence-electron chi connectivity index (χ3n) is 8.13. The lowest BCUT2D eigenvalue weighted by atomic mass is 9.83. The first-order valence-corrected chi connectivity index (χ1v) is 14.4. The molecule has 0 unspecified atom stereocenters. The third kappa shape index (κ3) is 7.01. The summed E-state index contributed by atoms with van der Waals surface area (Å²) in [6.07, 6.45) is -7.98. The Labute approximate surface area is 262 Å². The van der Waals surface area contributed by atoms with Crippen molar-refractivity contribution in [3.63, 3.8) is 0 Å². The Hall–Kier alpha value is -3.67. The summed E-state index contributed by atoms with van der Waals surface area (Å²) in [5.41, 5.74) is 7.49. The van der Waals surface area contributed by atoms with E-state index in [1.165, 1.54) is 31.2 Å². The molecule has 3 aliphatic rings. The minimum atomic E-state index is -1.49. The molecule has 2 heterocycles. The summed E-state index contributed by atoms with van der Waals surface area (Å²) in [6.45, 7) is 2.95. The van der Waals surface area contributed by atoms with Gasteiger partial charge in [-0.2, -0.15) is 0 Å². The van der Waals surface area contributed by atoms with Gasteiger partial charge in [0.05, 0.1) is 11.7 Å². The lowest BCUT2D eigenvalue weighted by Gasteiger charge is -2.41. The van der Waals surface area contributed by atoms with E-state index in [2.05, 4.69) is 5.32 Å². The van der Waals surface area contributed by atoms with Crippen LogP contribution in [0.4, 0.5) is 14.5 Å². The second kappa shape index (κ2) is 14.0. The fourth-order valence-electron chi connectivity index (χ4n) is 5.50. The number of amides is 1. The molecule has 46 heavy (non-hydrogen) atoms. The van der Waals surface area contributed by atoms with E-state index >= 15 is 0 Å². The number of nitrogens with one attached hydrogen (secondary N) is 1. The van der Waals surface area contributed by atoms with Crippen LogP contribution in [0.1, 0.15) is 19.4 Å². The summed E-state index contributed by atoms with van der Waals surface area (Å²) in [4.78, 5) is 12.9. The van der Waals surface area contributed by atoms with E-state index in [-0.39, 0.29) is 36.2 Å². The molecule has 250 valence electrons. The molecule has 15 heteroatoms. The number of nitrogens with two attached hydrogens (primary N) is 1. The zero-order chi connectivity index (χ0) is 33.3. The highest BCUT2D eigenvalue weighted by molar-refractivity contribution is 5.97. The minimum Gasteiger partial charge on any atom is -0.489 e. The Morgan fingerprint density at radius 2 is 1.67 bits per heavy atom. The molecule has 1 amide bonds. The largest absolute Gasteiger partial charge is 0.489 e. The lowest BCUT2D eigenvalue weighted by molar-refractivity contribution is -0.155. The quantitative estimate of drug-likeness (QED) is 0.110. The fraction of sp³-hybridized carbons (Fsp3) is 0.452. The highest BCUT2D eigenvalue weighted by Crippen LogP contribution is 2.33. The molecule has 1 saturated carbocycles. The van der Waals surface area contributed by atoms with E-state index in [4.69, 9.17) is 29.4 Å². The number of hydrogen-bond donors (Lipinski definition) is 7. The second-order valence-electron chi connectivity index (χ2n) is 11.3. The minimum absolute atomic E-state index is 0.0431. The number of carbonyl (C=O) groups is 1. The van der Waals surface area contributed by atoms with E-state index in [9.17, 15) is 39.1 Å². The van der Waals surface area contributed by atoms with Gasteiger partial charge in [-0.3, -0.25) is 4.79 Å². The van der Waals surface area contributed by atoms with E-state index in [0.717, 1.165) is 12.1 Å². The molecule has 5 rings (SSSR count). The van der Waals surface area contributed by atoms with Crippen molar-refractivity contribution in [2.24, 2.45) is 0 Å². The van der Waals surface area contributed by atoms with Gasteiger partial charge in [0.15, 0.2) is 11.6 Å². The predicted molar refractivity (Wildman–Crippen MR) is 156 cm³/mol. The number of hydrogen-bond acceptors (Lipinski definition) is 12. The van der Waals surface area contributed by atoms with Crippen molar-refractivity contribution in [1.29, 1.82) is 0 Å². The second-order valence-corrected chi connectivity index (χ2v) is 11.3. The molecule has 0 spiro atoms. The molecular weight excluding hydrogens is 614 g/mol. The van der Waals surface area contributed by atoms with Crippen molar-refractivity contribution in [3.8, 4) is 11.5 Å². The van der Waals surface area contributed by atoms with Crippen LogP contribution in [0.2, 0.25) is 0 Å². The van der Waals surface area contributed by atoms with Crippen LogP contribution < -0.4 is 20.5 Å². The first-order chi connectivity index (χ1) is 21.8. The summed E-state index contributed by atoms with van der Waals surface area (Å²) in [5.74, 6) is -2.43. The van der Waals surface area contributed by atoms with Crippen molar-refractivity contribution in [1.82, 2.24) is 5.32 Å². The number of ether oxygens (including phenoxy) is 5. The maximum atomic E-state index is 13.4. The first-order valence-electron chi connectivity index (χ1n) is 14.4. The van der Waals surface area contributed by atoms with Crippen LogP contribution in [0.3, 0.4) is 0 Å². The molecule has 2 aliphatic heterocycles. The molecule has 1 aliphatic carbocycles. The van der Waals surface area contributed by atoms with Crippen molar-refractivity contribution in [2.75, 3.05) is 19.1 Å². The van der Waals surface area contributed by atoms with Crippen LogP contribution in [0.5, 0.6) is 11.5 Å². The average Bonchev–Trinajstić information content (AvgIpc) is 3.62. The Bertz CT molecular complexity index is 1490. The zero-order valence-corrected chi connectivity index (χ0v) is 24.8. The highest BCUT2D eigenvalue weighted by atomic mass is 19.2. The molecule has 0 bridgehead atoms. The van der Waals surface area contributed by atoms with Crippen LogP contribution in [0.25, 0.3) is 6.08 Å². The number of aliphatic hydroxyl groups excluding tert-OH is 5. The van der Waals surface area contributed by atoms with Gasteiger partial charge in [-0.25, -0.2) is 8.78 Å². The molecular formula is C31H36F2N2O11. The Balaban J connectivity index is 1.18. The third-order valence-corrected chi connectivity index (χ3v) is 8.13. The molecule has 2 saturated heterocycles. The number of rotatable bonds is 9. The van der Waals surface area contributed by atoms with Crippen molar-refractivity contribution in [2.45, 2.75) is 75.0 Å². The van der Waals surface area contributed by atoms with Crippen LogP contribution >= 0.6 is 0 Å². The number of benzene rings is 2. The Morgan fingerprint density at radius 1 is 0.957 bits per heavy atom. The average molecular weight is 651 g/mol. The molecule has 0 radical (unpaired) electrons. The van der Waals surface area contributed by atoms with Gasteiger partial charge in [0.1, 0.15) is 73.7 Å². The molecule has 2 aromatic rings. The number of fused-ring (bicyclic) bond motifs is 1. The predicted octanol–water partition coefficient (Wildman–Crippen LogP) is 0.124. The van der Waals surface area contributed by atoms with Gasteiger partial charge >= 0.3 is 0 Å². The number of nitrogen functional groups attached to an aromatic ring is 1. The van der Waals surface area contributed by atoms with Gasteiger partial charge in [-0.15, -0.1) is 0 Å². The topological polar surface area (TPSA) is 202 Å². The number of aliphatic hydroxyl groups is 5. The summed E-state index contributed by atoms with van der Waals surface area (Å²) in [6, 6.07) is 6.48. The molecule has 2 aromatic carbocycles. The monoisotopic (exact) mass is 650 g/mol. The summed E-state index contributed by atoms with van der Waals surface area (Å²) in [5, 5.41) is 55.0. The van der Waals surface area contributed by atoms with Crippen LogP contribution in [0.15, 0.2) is 53.6 Å². The maximum absolute atomic E-state index is 13.4. The summed E-state index contributed by atoms with van der Waals surface area (Å²) in [7, 11) is 0. The van der Waals surface area contributed by atoms with Gasteiger partial charge in [0.25, 0.3) is 0 Å². The summed E-state index contributed by atoms with van der Waals surface area (Å²) >= 11 is 0. The molecule has 10 atom stereocenters. The zero-order valence-electron chi connectivity index (χ0n) is 24.8. The van der Waals surface area contributed by atoms with Crippen LogP contribution in [0, 0.1) is 11.6 Å². The van der Waals surface area contributed by atoms with Gasteiger partial charge in [0.2, 0.25) is 12.2 Å². The number of carbonyl (C=O) groups excluding carboxylic acids is 1. The Morgan fingerprint density at radius 3 is 2.37 bits per heavy atom. The van der Waals surface area contributed by atoms with E-state index < -0.39 is 78.7 Å². The van der Waals surface area contributed by atoms with E-state index in [0.29, 0.717) is 11.1 Å². The van der Waals surface area contributed by atoms with Crippen molar-refractivity contribution in [3.05, 3.63) is 70.8 Å². The van der Waals surface area contributed by atoms with Crippen LogP contribution in [-0.4, -0.2) is 106 Å². The van der Waals surface area contributed by atoms with Gasteiger partial charge in [0, 0.05) is 11.6 Å². The SMILES string of the molecule is C/C(=C/COc1ccc(F)c(F)c1)[C@H]1O[C@@H](Oc2ccc(/C=C(\C)C(=O)N[C@@H]3[C@H](O)[C@@H](O)[C@H]4OCO[C@H]4[C@@H]3O)cc2N)[C@@H](O)[C@@H]1O.